The molecule has 2 aromatic heterocycles. The van der Waals surface area contributed by atoms with Gasteiger partial charge < -0.3 is 4.57 Å². The van der Waals surface area contributed by atoms with E-state index in [2.05, 4.69) is 187 Å². The van der Waals surface area contributed by atoms with Crippen LogP contribution in [-0.2, 0) is 4.08 Å². The fourth-order valence-corrected chi connectivity index (χ4v) is 11.7. The molecule has 0 saturated carbocycles. The number of rotatable bonds is 4. The first-order chi connectivity index (χ1) is 25.7. The number of benzene rings is 7. The monoisotopic (exact) mass is 698 g/mol. The lowest BCUT2D eigenvalue weighted by Gasteiger charge is -2.24. The highest BCUT2D eigenvalue weighted by molar-refractivity contribution is 8.20. The Bertz CT molecular complexity index is 2740. The van der Waals surface area contributed by atoms with Crippen LogP contribution in [0.3, 0.4) is 0 Å². The second-order valence-electron chi connectivity index (χ2n) is 13.5. The van der Waals surface area contributed by atoms with Crippen LogP contribution in [0.15, 0.2) is 192 Å². The van der Waals surface area contributed by atoms with Gasteiger partial charge in [0, 0.05) is 37.4 Å². The lowest BCUT2D eigenvalue weighted by molar-refractivity contribution is 1.14. The number of hydrogen-bond donors (Lipinski definition) is 0. The van der Waals surface area contributed by atoms with Crippen molar-refractivity contribution in [2.24, 2.45) is 0 Å². The van der Waals surface area contributed by atoms with Crippen molar-refractivity contribution >= 4 is 45.3 Å². The van der Waals surface area contributed by atoms with Gasteiger partial charge in [-0.25, -0.2) is 4.98 Å². The molecule has 0 bridgehead atoms. The molecular formula is C48H30N2S2. The predicted octanol–water partition coefficient (Wildman–Crippen LogP) is 13.3. The van der Waals surface area contributed by atoms with Crippen LogP contribution in [0.1, 0.15) is 11.1 Å². The van der Waals surface area contributed by atoms with E-state index in [1.165, 1.54) is 59.4 Å². The topological polar surface area (TPSA) is 17.8 Å². The molecule has 11 rings (SSSR count). The first-order valence-corrected chi connectivity index (χ1v) is 19.3. The Kier molecular flexibility index (Phi) is 6.67. The van der Waals surface area contributed by atoms with E-state index in [-0.39, 0.29) is 4.08 Å². The Morgan fingerprint density at radius 1 is 0.442 bits per heavy atom. The van der Waals surface area contributed by atoms with Crippen LogP contribution in [0.5, 0.6) is 0 Å². The Balaban J connectivity index is 1.04. The van der Waals surface area contributed by atoms with Crippen LogP contribution >= 0.6 is 23.5 Å². The first kappa shape index (κ1) is 29.9. The first-order valence-electron chi connectivity index (χ1n) is 17.6. The predicted molar refractivity (Wildman–Crippen MR) is 219 cm³/mol. The van der Waals surface area contributed by atoms with Gasteiger partial charge in [0.05, 0.1) is 22.4 Å². The van der Waals surface area contributed by atoms with Gasteiger partial charge in [-0.2, -0.15) is 0 Å². The molecular weight excluding hydrogens is 669 g/mol. The molecule has 3 heterocycles. The smallest absolute Gasteiger partial charge is 0.122 e. The number of para-hydroxylation sites is 1. The molecule has 2 nitrogen and oxygen atoms in total. The van der Waals surface area contributed by atoms with Gasteiger partial charge in [-0.15, -0.1) is 0 Å². The molecule has 0 fully saturated rings. The Morgan fingerprint density at radius 3 is 1.71 bits per heavy atom. The maximum Gasteiger partial charge on any atom is 0.122 e. The Labute approximate surface area is 310 Å². The van der Waals surface area contributed by atoms with E-state index in [0.29, 0.717) is 0 Å². The normalized spacial score (nSPS) is 13.8. The average molecular weight is 699 g/mol. The van der Waals surface area contributed by atoms with Gasteiger partial charge in [0.25, 0.3) is 0 Å². The van der Waals surface area contributed by atoms with Gasteiger partial charge in [-0.05, 0) is 75.8 Å². The number of thioether (sulfide) groups is 2. The van der Waals surface area contributed by atoms with Crippen LogP contribution in [0, 0.1) is 0 Å². The number of fused-ring (bicyclic) bond motifs is 10. The quantitative estimate of drug-likeness (QED) is 0.182. The van der Waals surface area contributed by atoms with Crippen molar-refractivity contribution in [3.8, 4) is 50.5 Å². The Morgan fingerprint density at radius 2 is 1.02 bits per heavy atom. The third-order valence-corrected chi connectivity index (χ3v) is 13.8. The standard InChI is InChI=1S/C48H30N2S2/c1-3-13-31(14-4-1)34-29-41(32-15-5-2-6-16-32)49-42(30-34)33-23-25-35(26-24-33)50-43-22-12-9-19-38(43)46-44(50)27-28-45-47(46)52-48(51-45)39-20-10-7-17-36(39)37-18-8-11-21-40(37)48/h1-30H. The number of pyridine rings is 1. The van der Waals surface area contributed by atoms with Crippen LogP contribution in [0.2, 0.25) is 0 Å². The maximum absolute atomic E-state index is 5.19. The molecule has 7 aromatic carbocycles. The SMILES string of the molecule is c1ccc(-c2cc(-c3ccccc3)nc(-c3ccc(-n4c5ccccc5c5c6c(ccc54)SC4(S6)c5ccccc5-c5ccccc54)cc3)c2)cc1. The minimum atomic E-state index is -0.200. The molecule has 2 aliphatic rings. The summed E-state index contributed by atoms with van der Waals surface area (Å²) in [7, 11) is 0. The number of nitrogens with zero attached hydrogens (tertiary/aromatic N) is 2. The third-order valence-electron chi connectivity index (χ3n) is 10.5. The van der Waals surface area contributed by atoms with E-state index in [4.69, 9.17) is 4.98 Å². The molecule has 9 aromatic rings. The Hall–Kier alpha value is -5.81. The van der Waals surface area contributed by atoms with Crippen LogP contribution < -0.4 is 0 Å². The zero-order chi connectivity index (χ0) is 34.2. The number of aromatic nitrogens is 2. The second-order valence-corrected chi connectivity index (χ2v) is 16.2. The van der Waals surface area contributed by atoms with E-state index in [1.807, 2.05) is 23.5 Å². The molecule has 0 unspecified atom stereocenters. The molecule has 0 saturated heterocycles. The average Bonchev–Trinajstić information content (AvgIpc) is 3.87. The highest BCUT2D eigenvalue weighted by Crippen LogP contribution is 2.71. The summed E-state index contributed by atoms with van der Waals surface area (Å²) >= 11 is 4.03. The molecule has 1 spiro atoms. The lowest BCUT2D eigenvalue weighted by atomic mass is 10.00. The second kappa shape index (κ2) is 11.6. The van der Waals surface area contributed by atoms with Gasteiger partial charge in [0.2, 0.25) is 0 Å². The fourth-order valence-electron chi connectivity index (χ4n) is 8.18. The van der Waals surface area contributed by atoms with Gasteiger partial charge >= 0.3 is 0 Å². The minimum absolute atomic E-state index is 0.200. The molecule has 0 radical (unpaired) electrons. The summed E-state index contributed by atoms with van der Waals surface area (Å²) in [5.41, 5.74) is 15.6. The van der Waals surface area contributed by atoms with E-state index in [9.17, 15) is 0 Å². The highest BCUT2D eigenvalue weighted by Gasteiger charge is 2.49. The third kappa shape index (κ3) is 4.44. The largest absolute Gasteiger partial charge is 0.309 e. The van der Waals surface area contributed by atoms with Crippen molar-refractivity contribution in [1.29, 1.82) is 0 Å². The van der Waals surface area contributed by atoms with E-state index in [1.54, 1.807) is 0 Å². The molecule has 0 atom stereocenters. The van der Waals surface area contributed by atoms with Crippen LogP contribution in [0.4, 0.5) is 0 Å². The molecule has 0 amide bonds. The number of hydrogen-bond acceptors (Lipinski definition) is 3. The van der Waals surface area contributed by atoms with Crippen LogP contribution in [0.25, 0.3) is 72.3 Å². The van der Waals surface area contributed by atoms with Crippen molar-refractivity contribution < 1.29 is 0 Å². The fraction of sp³-hybridized carbons (Fsp3) is 0.0208. The summed E-state index contributed by atoms with van der Waals surface area (Å²) in [6.45, 7) is 0. The molecule has 4 heteroatoms. The maximum atomic E-state index is 5.19. The van der Waals surface area contributed by atoms with E-state index >= 15 is 0 Å². The van der Waals surface area contributed by atoms with Crippen molar-refractivity contribution in [2.75, 3.05) is 0 Å². The minimum Gasteiger partial charge on any atom is -0.309 e. The molecule has 1 aliphatic carbocycles. The zero-order valence-electron chi connectivity index (χ0n) is 28.0. The summed E-state index contributed by atoms with van der Waals surface area (Å²) in [5.74, 6) is 0. The molecule has 0 N–H and O–H groups in total. The zero-order valence-corrected chi connectivity index (χ0v) is 29.7. The molecule has 244 valence electrons. The highest BCUT2D eigenvalue weighted by atomic mass is 32.2. The summed E-state index contributed by atoms with van der Waals surface area (Å²) in [4.78, 5) is 7.91. The van der Waals surface area contributed by atoms with Crippen molar-refractivity contribution in [2.45, 2.75) is 13.9 Å². The molecule has 1 aliphatic heterocycles. The van der Waals surface area contributed by atoms with Crippen LogP contribution in [-0.4, -0.2) is 9.55 Å². The summed E-state index contributed by atoms with van der Waals surface area (Å²) in [6.07, 6.45) is 0. The van der Waals surface area contributed by atoms with Crippen molar-refractivity contribution in [3.63, 3.8) is 0 Å². The summed E-state index contributed by atoms with van der Waals surface area (Å²) in [5, 5.41) is 2.62. The summed E-state index contributed by atoms with van der Waals surface area (Å²) < 4.78 is 2.24. The summed E-state index contributed by atoms with van der Waals surface area (Å²) in [6, 6.07) is 65.9. The van der Waals surface area contributed by atoms with Crippen molar-refractivity contribution in [1.82, 2.24) is 9.55 Å². The lowest BCUT2D eigenvalue weighted by Crippen LogP contribution is -2.12. The van der Waals surface area contributed by atoms with Gasteiger partial charge in [-0.3, -0.25) is 0 Å². The van der Waals surface area contributed by atoms with E-state index < -0.39 is 0 Å². The van der Waals surface area contributed by atoms with E-state index in [0.717, 1.165) is 33.8 Å². The van der Waals surface area contributed by atoms with Crippen molar-refractivity contribution in [3.05, 3.63) is 193 Å². The van der Waals surface area contributed by atoms with Gasteiger partial charge in [-0.1, -0.05) is 163 Å². The van der Waals surface area contributed by atoms with Gasteiger partial charge in [0.1, 0.15) is 4.08 Å². The van der Waals surface area contributed by atoms with Gasteiger partial charge in [0.15, 0.2) is 0 Å². The molecule has 52 heavy (non-hydrogen) atoms.